The second-order valence-electron chi connectivity index (χ2n) is 5.68. The molecule has 1 fully saturated rings. The van der Waals surface area contributed by atoms with Gasteiger partial charge in [-0.3, -0.25) is 0 Å². The lowest BCUT2D eigenvalue weighted by molar-refractivity contribution is -0.242. The molecule has 0 amide bonds. The molecule has 0 aromatic rings. The van der Waals surface area contributed by atoms with Crippen LogP contribution in [0.2, 0.25) is 0 Å². The van der Waals surface area contributed by atoms with Crippen molar-refractivity contribution in [2.75, 3.05) is 0 Å². The summed E-state index contributed by atoms with van der Waals surface area (Å²) in [5.74, 6) is 1.03. The van der Waals surface area contributed by atoms with Crippen molar-refractivity contribution in [3.63, 3.8) is 0 Å². The van der Waals surface area contributed by atoms with Gasteiger partial charge in [-0.05, 0) is 37.5 Å². The number of alkyl halides is 3. The molecule has 0 bridgehead atoms. The number of aliphatic hydroxyl groups excluding tert-OH is 1. The molecule has 4 heteroatoms. The largest absolute Gasteiger partial charge is 0.414 e. The maximum absolute atomic E-state index is 12.5. The third-order valence-electron chi connectivity index (χ3n) is 4.09. The fourth-order valence-electron chi connectivity index (χ4n) is 2.63. The van der Waals surface area contributed by atoms with Crippen molar-refractivity contribution >= 4 is 0 Å². The number of hydrogen-bond acceptors (Lipinski definition) is 1. The molecule has 1 atom stereocenters. The molecule has 0 radical (unpaired) electrons. The van der Waals surface area contributed by atoms with E-state index in [0.717, 1.165) is 12.8 Å². The van der Waals surface area contributed by atoms with Crippen LogP contribution in [0.1, 0.15) is 46.5 Å². The van der Waals surface area contributed by atoms with E-state index in [1.54, 1.807) is 6.92 Å². The van der Waals surface area contributed by atoms with Crippen LogP contribution in [0.15, 0.2) is 0 Å². The normalized spacial score (nSPS) is 34.1. The van der Waals surface area contributed by atoms with E-state index in [1.807, 2.05) is 0 Å². The monoisotopic (exact) mass is 238 g/mol. The fraction of sp³-hybridized carbons (Fsp3) is 1.00. The first-order chi connectivity index (χ1) is 7.17. The van der Waals surface area contributed by atoms with Crippen LogP contribution in [-0.2, 0) is 0 Å². The molecule has 1 aliphatic carbocycles. The van der Waals surface area contributed by atoms with Gasteiger partial charge >= 0.3 is 6.18 Å². The highest BCUT2D eigenvalue weighted by Crippen LogP contribution is 2.47. The minimum absolute atomic E-state index is 0.469. The number of hydrogen-bond donors (Lipinski definition) is 1. The van der Waals surface area contributed by atoms with E-state index in [9.17, 15) is 18.3 Å². The van der Waals surface area contributed by atoms with Crippen LogP contribution in [0.25, 0.3) is 0 Å². The van der Waals surface area contributed by atoms with Crippen molar-refractivity contribution in [2.24, 2.45) is 17.3 Å². The van der Waals surface area contributed by atoms with Crippen LogP contribution in [0.5, 0.6) is 0 Å². The van der Waals surface area contributed by atoms with Crippen molar-refractivity contribution in [3.05, 3.63) is 0 Å². The Hall–Kier alpha value is -0.250. The maximum Gasteiger partial charge on any atom is 0.414 e. The number of aliphatic hydroxyl groups is 1. The lowest BCUT2D eigenvalue weighted by atomic mass is 9.66. The quantitative estimate of drug-likeness (QED) is 0.776. The average Bonchev–Trinajstić information content (AvgIpc) is 2.16. The van der Waals surface area contributed by atoms with Gasteiger partial charge in [0.2, 0.25) is 0 Å². The van der Waals surface area contributed by atoms with Crippen LogP contribution >= 0.6 is 0 Å². The molecule has 0 aliphatic heterocycles. The van der Waals surface area contributed by atoms with Gasteiger partial charge in [0, 0.05) is 5.41 Å². The van der Waals surface area contributed by atoms with Crippen molar-refractivity contribution < 1.29 is 18.3 Å². The lowest BCUT2D eigenvalue weighted by Crippen LogP contribution is -2.45. The highest BCUT2D eigenvalue weighted by atomic mass is 19.4. The van der Waals surface area contributed by atoms with Gasteiger partial charge in [0.1, 0.15) is 0 Å². The highest BCUT2D eigenvalue weighted by Gasteiger charge is 2.51. The minimum Gasteiger partial charge on any atom is -0.383 e. The summed E-state index contributed by atoms with van der Waals surface area (Å²) in [6.07, 6.45) is -4.14. The maximum atomic E-state index is 12.5. The molecule has 1 N–H and O–H groups in total. The summed E-state index contributed by atoms with van der Waals surface area (Å²) in [6.45, 7) is 5.77. The van der Waals surface area contributed by atoms with Gasteiger partial charge in [0.05, 0.1) is 0 Å². The van der Waals surface area contributed by atoms with E-state index in [1.165, 1.54) is 0 Å². The summed E-state index contributed by atoms with van der Waals surface area (Å²) in [7, 11) is 0. The van der Waals surface area contributed by atoms with Gasteiger partial charge in [-0.15, -0.1) is 0 Å². The molecular weight excluding hydrogens is 217 g/mol. The SMILES string of the molecule is CC(C)C1CCC(C)(C(O)C(F)(F)F)CC1. The third-order valence-corrected chi connectivity index (χ3v) is 4.09. The smallest absolute Gasteiger partial charge is 0.383 e. The Bertz CT molecular complexity index is 227. The summed E-state index contributed by atoms with van der Waals surface area (Å²) < 4.78 is 37.5. The first-order valence-electron chi connectivity index (χ1n) is 5.91. The summed E-state index contributed by atoms with van der Waals surface area (Å²) in [5.41, 5.74) is -0.982. The molecular formula is C12H21F3O. The Balaban J connectivity index is 2.63. The Morgan fingerprint density at radius 3 is 1.94 bits per heavy atom. The lowest BCUT2D eigenvalue weighted by Gasteiger charge is -2.42. The van der Waals surface area contributed by atoms with Gasteiger partial charge < -0.3 is 5.11 Å². The number of rotatable bonds is 2. The molecule has 1 unspecified atom stereocenters. The molecule has 0 spiro atoms. The molecule has 16 heavy (non-hydrogen) atoms. The average molecular weight is 238 g/mol. The molecule has 96 valence electrons. The molecule has 0 aromatic carbocycles. The molecule has 1 saturated carbocycles. The van der Waals surface area contributed by atoms with Gasteiger partial charge in [0.15, 0.2) is 6.10 Å². The van der Waals surface area contributed by atoms with Gasteiger partial charge in [-0.1, -0.05) is 20.8 Å². The predicted octanol–water partition coefficient (Wildman–Crippen LogP) is 3.76. The van der Waals surface area contributed by atoms with Crippen molar-refractivity contribution in [3.8, 4) is 0 Å². The minimum atomic E-state index is -4.49. The fourth-order valence-corrected chi connectivity index (χ4v) is 2.63. The van der Waals surface area contributed by atoms with Crippen LogP contribution in [0, 0.1) is 17.3 Å². The Labute approximate surface area is 95.0 Å². The zero-order valence-corrected chi connectivity index (χ0v) is 10.1. The highest BCUT2D eigenvalue weighted by molar-refractivity contribution is 4.91. The van der Waals surface area contributed by atoms with Gasteiger partial charge in [0.25, 0.3) is 0 Å². The second-order valence-corrected chi connectivity index (χ2v) is 5.68. The summed E-state index contributed by atoms with van der Waals surface area (Å²) in [4.78, 5) is 0. The van der Waals surface area contributed by atoms with Crippen molar-refractivity contribution in [2.45, 2.75) is 58.7 Å². The topological polar surface area (TPSA) is 20.2 Å². The van der Waals surface area contributed by atoms with E-state index >= 15 is 0 Å². The standard InChI is InChI=1S/C12H21F3O/c1-8(2)9-4-6-11(3,7-5-9)10(16)12(13,14)15/h8-10,16H,4-7H2,1-3H3. The summed E-state index contributed by atoms with van der Waals surface area (Å²) in [5, 5.41) is 9.37. The van der Waals surface area contributed by atoms with E-state index in [-0.39, 0.29) is 0 Å². The van der Waals surface area contributed by atoms with E-state index in [4.69, 9.17) is 0 Å². The second kappa shape index (κ2) is 4.55. The Kier molecular flexibility index (Phi) is 3.93. The Morgan fingerprint density at radius 1 is 1.19 bits per heavy atom. The van der Waals surface area contributed by atoms with Crippen LogP contribution in [0.4, 0.5) is 13.2 Å². The zero-order valence-electron chi connectivity index (χ0n) is 10.1. The molecule has 1 nitrogen and oxygen atoms in total. The van der Waals surface area contributed by atoms with Crippen LogP contribution in [0.3, 0.4) is 0 Å². The van der Waals surface area contributed by atoms with Crippen LogP contribution in [-0.4, -0.2) is 17.4 Å². The molecule has 0 aromatic heterocycles. The number of halogens is 3. The first kappa shape index (κ1) is 13.8. The molecule has 1 aliphatic rings. The van der Waals surface area contributed by atoms with Crippen molar-refractivity contribution in [1.29, 1.82) is 0 Å². The molecule has 0 saturated heterocycles. The van der Waals surface area contributed by atoms with Crippen LogP contribution < -0.4 is 0 Å². The van der Waals surface area contributed by atoms with Gasteiger partial charge in [-0.2, -0.15) is 13.2 Å². The van der Waals surface area contributed by atoms with Crippen molar-refractivity contribution in [1.82, 2.24) is 0 Å². The summed E-state index contributed by atoms with van der Waals surface area (Å²) >= 11 is 0. The first-order valence-corrected chi connectivity index (χ1v) is 5.91. The molecule has 1 rings (SSSR count). The van der Waals surface area contributed by atoms with E-state index in [0.29, 0.717) is 24.7 Å². The predicted molar refractivity (Wildman–Crippen MR) is 57.0 cm³/mol. The zero-order chi connectivity index (χ0) is 12.6. The van der Waals surface area contributed by atoms with Gasteiger partial charge in [-0.25, -0.2) is 0 Å². The summed E-state index contributed by atoms with van der Waals surface area (Å²) in [6, 6.07) is 0. The third kappa shape index (κ3) is 2.90. The van der Waals surface area contributed by atoms with E-state index < -0.39 is 17.7 Å². The molecule has 0 heterocycles. The Morgan fingerprint density at radius 2 is 1.62 bits per heavy atom. The van der Waals surface area contributed by atoms with E-state index in [2.05, 4.69) is 13.8 Å².